The van der Waals surface area contributed by atoms with E-state index in [-0.39, 0.29) is 6.10 Å². The second-order valence-corrected chi connectivity index (χ2v) is 5.87. The number of rotatable bonds is 5. The SMILES string of the molecule is CC(O)Cc1cc(Br)cc(OCC2CCC2)c1. The molecule has 1 aromatic carbocycles. The van der Waals surface area contributed by atoms with E-state index >= 15 is 0 Å². The molecule has 1 saturated carbocycles. The fourth-order valence-electron chi connectivity index (χ4n) is 2.04. The smallest absolute Gasteiger partial charge is 0.120 e. The summed E-state index contributed by atoms with van der Waals surface area (Å²) in [5.74, 6) is 1.65. The first-order chi connectivity index (χ1) is 8.13. The predicted molar refractivity (Wildman–Crippen MR) is 72.4 cm³/mol. The van der Waals surface area contributed by atoms with Crippen molar-refractivity contribution in [3.05, 3.63) is 28.2 Å². The van der Waals surface area contributed by atoms with Gasteiger partial charge in [0.2, 0.25) is 0 Å². The molecule has 3 heteroatoms. The molecular formula is C14H19BrO2. The third kappa shape index (κ3) is 4.00. The summed E-state index contributed by atoms with van der Waals surface area (Å²) in [6.45, 7) is 2.63. The number of benzene rings is 1. The summed E-state index contributed by atoms with van der Waals surface area (Å²) in [5, 5.41) is 9.40. The third-order valence-corrected chi connectivity index (χ3v) is 3.63. The summed E-state index contributed by atoms with van der Waals surface area (Å²) in [6.07, 6.45) is 4.30. The zero-order chi connectivity index (χ0) is 12.3. The van der Waals surface area contributed by atoms with Crippen LogP contribution >= 0.6 is 15.9 Å². The molecule has 0 radical (unpaired) electrons. The lowest BCUT2D eigenvalue weighted by molar-refractivity contribution is 0.179. The van der Waals surface area contributed by atoms with Gasteiger partial charge < -0.3 is 9.84 Å². The molecule has 1 atom stereocenters. The first-order valence-electron chi connectivity index (χ1n) is 6.24. The van der Waals surface area contributed by atoms with Gasteiger partial charge in [0.15, 0.2) is 0 Å². The van der Waals surface area contributed by atoms with Crippen LogP contribution < -0.4 is 4.74 Å². The molecule has 0 heterocycles. The number of hydrogen-bond acceptors (Lipinski definition) is 2. The Bertz CT molecular complexity index is 372. The van der Waals surface area contributed by atoms with Crippen LogP contribution in [0.5, 0.6) is 5.75 Å². The van der Waals surface area contributed by atoms with Crippen LogP contribution in [0.1, 0.15) is 31.7 Å². The summed E-state index contributed by atoms with van der Waals surface area (Å²) in [6, 6.07) is 6.04. The van der Waals surface area contributed by atoms with Gasteiger partial charge >= 0.3 is 0 Å². The second-order valence-electron chi connectivity index (χ2n) is 4.96. The summed E-state index contributed by atoms with van der Waals surface area (Å²) in [4.78, 5) is 0. The first-order valence-corrected chi connectivity index (χ1v) is 7.03. The molecule has 1 unspecified atom stereocenters. The highest BCUT2D eigenvalue weighted by molar-refractivity contribution is 9.10. The summed E-state index contributed by atoms with van der Waals surface area (Å²) < 4.78 is 6.81. The van der Waals surface area contributed by atoms with E-state index in [1.165, 1.54) is 19.3 Å². The Hall–Kier alpha value is -0.540. The van der Waals surface area contributed by atoms with E-state index < -0.39 is 0 Å². The van der Waals surface area contributed by atoms with Crippen molar-refractivity contribution >= 4 is 15.9 Å². The van der Waals surface area contributed by atoms with E-state index in [1.54, 1.807) is 6.92 Å². The highest BCUT2D eigenvalue weighted by atomic mass is 79.9. The molecule has 1 aliphatic carbocycles. The molecule has 17 heavy (non-hydrogen) atoms. The maximum absolute atomic E-state index is 9.40. The summed E-state index contributed by atoms with van der Waals surface area (Å²) in [5.41, 5.74) is 1.11. The van der Waals surface area contributed by atoms with E-state index in [4.69, 9.17) is 4.74 Å². The van der Waals surface area contributed by atoms with Crippen molar-refractivity contribution < 1.29 is 9.84 Å². The number of aliphatic hydroxyl groups is 1. The number of aliphatic hydroxyl groups excluding tert-OH is 1. The Labute approximate surface area is 111 Å². The maximum Gasteiger partial charge on any atom is 0.120 e. The average molecular weight is 299 g/mol. The molecule has 0 saturated heterocycles. The lowest BCUT2D eigenvalue weighted by atomic mass is 9.86. The molecule has 1 aliphatic rings. The molecule has 2 rings (SSSR count). The fourth-order valence-corrected chi connectivity index (χ4v) is 2.56. The van der Waals surface area contributed by atoms with Crippen LogP contribution in [0.4, 0.5) is 0 Å². The van der Waals surface area contributed by atoms with Crippen molar-refractivity contribution in [1.29, 1.82) is 0 Å². The highest BCUT2D eigenvalue weighted by Crippen LogP contribution is 2.28. The van der Waals surface area contributed by atoms with Crippen molar-refractivity contribution in [2.75, 3.05) is 6.61 Å². The van der Waals surface area contributed by atoms with Gasteiger partial charge in [0.25, 0.3) is 0 Å². The van der Waals surface area contributed by atoms with Crippen LogP contribution in [0.25, 0.3) is 0 Å². The highest BCUT2D eigenvalue weighted by Gasteiger charge is 2.18. The lowest BCUT2D eigenvalue weighted by Gasteiger charge is -2.25. The summed E-state index contributed by atoms with van der Waals surface area (Å²) in [7, 11) is 0. The molecular weight excluding hydrogens is 280 g/mol. The third-order valence-electron chi connectivity index (χ3n) is 3.17. The normalized spacial score (nSPS) is 17.6. The predicted octanol–water partition coefficient (Wildman–Crippen LogP) is 3.55. The Morgan fingerprint density at radius 2 is 2.18 bits per heavy atom. The number of hydrogen-bond donors (Lipinski definition) is 1. The zero-order valence-electron chi connectivity index (χ0n) is 10.2. The van der Waals surface area contributed by atoms with E-state index in [0.29, 0.717) is 6.42 Å². The molecule has 0 spiro atoms. The Morgan fingerprint density at radius 1 is 1.41 bits per heavy atom. The van der Waals surface area contributed by atoms with E-state index in [0.717, 1.165) is 28.3 Å². The Kier molecular flexibility index (Phi) is 4.46. The van der Waals surface area contributed by atoms with Crippen molar-refractivity contribution in [2.45, 2.75) is 38.7 Å². The van der Waals surface area contributed by atoms with E-state index in [9.17, 15) is 5.11 Å². The minimum atomic E-state index is -0.316. The zero-order valence-corrected chi connectivity index (χ0v) is 11.7. The molecule has 2 nitrogen and oxygen atoms in total. The van der Waals surface area contributed by atoms with Crippen LogP contribution in [0, 0.1) is 5.92 Å². The van der Waals surface area contributed by atoms with Crippen LogP contribution in [0.2, 0.25) is 0 Å². The second kappa shape index (κ2) is 5.87. The molecule has 0 amide bonds. The largest absolute Gasteiger partial charge is 0.493 e. The van der Waals surface area contributed by atoms with Crippen molar-refractivity contribution in [1.82, 2.24) is 0 Å². The standard InChI is InChI=1S/C14H19BrO2/c1-10(16)5-12-6-13(15)8-14(7-12)17-9-11-3-2-4-11/h6-8,10-11,16H,2-5,9H2,1H3. The maximum atomic E-state index is 9.40. The number of ether oxygens (including phenoxy) is 1. The molecule has 1 N–H and O–H groups in total. The molecule has 1 fully saturated rings. The monoisotopic (exact) mass is 298 g/mol. The lowest BCUT2D eigenvalue weighted by Crippen LogP contribution is -2.19. The van der Waals surface area contributed by atoms with Gasteiger partial charge in [-0.05, 0) is 55.9 Å². The molecule has 0 aromatic heterocycles. The fraction of sp³-hybridized carbons (Fsp3) is 0.571. The van der Waals surface area contributed by atoms with Gasteiger partial charge in [0, 0.05) is 4.47 Å². The Balaban J connectivity index is 1.97. The van der Waals surface area contributed by atoms with Gasteiger partial charge in [-0.25, -0.2) is 0 Å². The molecule has 0 aliphatic heterocycles. The Morgan fingerprint density at radius 3 is 2.76 bits per heavy atom. The van der Waals surface area contributed by atoms with Gasteiger partial charge in [0.05, 0.1) is 12.7 Å². The summed E-state index contributed by atoms with van der Waals surface area (Å²) >= 11 is 3.48. The van der Waals surface area contributed by atoms with Crippen LogP contribution in [-0.2, 0) is 6.42 Å². The molecule has 94 valence electrons. The van der Waals surface area contributed by atoms with Gasteiger partial charge in [0.1, 0.15) is 5.75 Å². The quantitative estimate of drug-likeness (QED) is 0.901. The molecule has 1 aromatic rings. The topological polar surface area (TPSA) is 29.5 Å². The first kappa shape index (κ1) is 12.9. The van der Waals surface area contributed by atoms with Crippen LogP contribution in [0.15, 0.2) is 22.7 Å². The number of halogens is 1. The van der Waals surface area contributed by atoms with Gasteiger partial charge in [-0.15, -0.1) is 0 Å². The minimum Gasteiger partial charge on any atom is -0.493 e. The average Bonchev–Trinajstić information content (AvgIpc) is 2.12. The van der Waals surface area contributed by atoms with E-state index in [1.807, 2.05) is 18.2 Å². The van der Waals surface area contributed by atoms with Crippen molar-refractivity contribution in [2.24, 2.45) is 5.92 Å². The minimum absolute atomic E-state index is 0.316. The van der Waals surface area contributed by atoms with Crippen molar-refractivity contribution in [3.8, 4) is 5.75 Å². The molecule has 0 bridgehead atoms. The van der Waals surface area contributed by atoms with Crippen LogP contribution in [-0.4, -0.2) is 17.8 Å². The van der Waals surface area contributed by atoms with E-state index in [2.05, 4.69) is 15.9 Å². The van der Waals surface area contributed by atoms with Crippen LogP contribution in [0.3, 0.4) is 0 Å². The van der Waals surface area contributed by atoms with Gasteiger partial charge in [-0.3, -0.25) is 0 Å². The van der Waals surface area contributed by atoms with Gasteiger partial charge in [-0.1, -0.05) is 22.4 Å². The van der Waals surface area contributed by atoms with Crippen molar-refractivity contribution in [3.63, 3.8) is 0 Å². The van der Waals surface area contributed by atoms with Gasteiger partial charge in [-0.2, -0.15) is 0 Å².